The number of ether oxygens (including phenoxy) is 3. The fourth-order valence-electron chi connectivity index (χ4n) is 3.57. The van der Waals surface area contributed by atoms with Gasteiger partial charge in [0.05, 0.1) is 19.8 Å². The lowest BCUT2D eigenvalue weighted by molar-refractivity contribution is -0.164. The fraction of sp³-hybridized carbons (Fsp3) is 0.667. The third-order valence-corrected chi connectivity index (χ3v) is 4.63. The van der Waals surface area contributed by atoms with Gasteiger partial charge in [-0.05, 0) is 51.2 Å². The highest BCUT2D eigenvalue weighted by Crippen LogP contribution is 2.45. The van der Waals surface area contributed by atoms with Crippen molar-refractivity contribution in [1.82, 2.24) is 4.98 Å². The molecule has 1 N–H and O–H groups in total. The van der Waals surface area contributed by atoms with E-state index in [2.05, 4.69) is 4.98 Å². The van der Waals surface area contributed by atoms with Crippen LogP contribution in [0.5, 0.6) is 0 Å². The monoisotopic (exact) mass is 395 g/mol. The molecule has 1 aromatic rings. The van der Waals surface area contributed by atoms with E-state index in [1.165, 1.54) is 0 Å². The zero-order valence-corrected chi connectivity index (χ0v) is 18.2. The van der Waals surface area contributed by atoms with Crippen LogP contribution in [0.1, 0.15) is 74.8 Å². The second kappa shape index (κ2) is 9.75. The second-order valence-electron chi connectivity index (χ2n) is 7.71. The first kappa shape index (κ1) is 23.7. The molecular formula is C21H33NO6. The Hall–Kier alpha value is -2.31. The molecule has 1 aromatic heterocycles. The molecule has 0 fully saturated rings. The summed E-state index contributed by atoms with van der Waals surface area (Å²) >= 11 is 0. The van der Waals surface area contributed by atoms with Crippen LogP contribution in [0.4, 0.5) is 0 Å². The highest BCUT2D eigenvalue weighted by atomic mass is 16.6. The molecule has 0 amide bonds. The Labute approximate surface area is 167 Å². The Morgan fingerprint density at radius 1 is 0.893 bits per heavy atom. The summed E-state index contributed by atoms with van der Waals surface area (Å²) in [5.74, 6) is -3.41. The molecule has 0 aliphatic carbocycles. The number of hydrogen-bond donors (Lipinski definition) is 1. The molecule has 0 aliphatic heterocycles. The molecule has 0 radical (unpaired) electrons. The van der Waals surface area contributed by atoms with Gasteiger partial charge in [-0.25, -0.2) is 4.79 Å². The van der Waals surface area contributed by atoms with E-state index >= 15 is 0 Å². The first-order valence-electron chi connectivity index (χ1n) is 9.70. The van der Waals surface area contributed by atoms with Crippen molar-refractivity contribution in [2.45, 2.75) is 61.3 Å². The number of aromatic amines is 1. The number of carbonyl (C=O) groups excluding carboxylic acids is 3. The summed E-state index contributed by atoms with van der Waals surface area (Å²) < 4.78 is 15.5. The van der Waals surface area contributed by atoms with Gasteiger partial charge in [0, 0.05) is 11.6 Å². The van der Waals surface area contributed by atoms with Crippen LogP contribution in [-0.2, 0) is 23.8 Å². The van der Waals surface area contributed by atoms with Crippen molar-refractivity contribution in [2.24, 2.45) is 11.3 Å². The Balaban J connectivity index is 3.63. The lowest BCUT2D eigenvalue weighted by atomic mass is 9.68. The molecule has 0 spiro atoms. The lowest BCUT2D eigenvalue weighted by Crippen LogP contribution is -2.39. The van der Waals surface area contributed by atoms with E-state index in [0.717, 1.165) is 5.56 Å². The lowest BCUT2D eigenvalue weighted by Gasteiger charge is -2.35. The minimum Gasteiger partial charge on any atom is -0.465 e. The van der Waals surface area contributed by atoms with Crippen molar-refractivity contribution in [3.63, 3.8) is 0 Å². The smallest absolute Gasteiger partial charge is 0.355 e. The predicted octanol–water partition coefficient (Wildman–Crippen LogP) is 3.68. The molecule has 0 saturated heterocycles. The number of aromatic nitrogens is 1. The van der Waals surface area contributed by atoms with Gasteiger partial charge in [0.25, 0.3) is 0 Å². The zero-order valence-electron chi connectivity index (χ0n) is 18.2. The summed E-state index contributed by atoms with van der Waals surface area (Å²) in [6.07, 6.45) is 0. The van der Waals surface area contributed by atoms with Crippen molar-refractivity contribution >= 4 is 17.9 Å². The number of hydrogen-bond acceptors (Lipinski definition) is 6. The minimum atomic E-state index is -1.14. The van der Waals surface area contributed by atoms with E-state index in [-0.39, 0.29) is 19.8 Å². The van der Waals surface area contributed by atoms with Gasteiger partial charge >= 0.3 is 17.9 Å². The molecule has 0 saturated carbocycles. The van der Waals surface area contributed by atoms with Crippen LogP contribution in [0.2, 0.25) is 0 Å². The van der Waals surface area contributed by atoms with Crippen LogP contribution in [0.25, 0.3) is 0 Å². The first-order valence-corrected chi connectivity index (χ1v) is 9.70. The summed E-state index contributed by atoms with van der Waals surface area (Å²) in [6, 6.07) is 0. The molecule has 1 heterocycles. The quantitative estimate of drug-likeness (QED) is 0.410. The maximum Gasteiger partial charge on any atom is 0.355 e. The number of nitrogens with one attached hydrogen (secondary N) is 1. The van der Waals surface area contributed by atoms with Crippen molar-refractivity contribution in [2.75, 3.05) is 19.8 Å². The van der Waals surface area contributed by atoms with E-state index in [9.17, 15) is 14.4 Å². The largest absolute Gasteiger partial charge is 0.465 e. The molecule has 0 aliphatic rings. The Morgan fingerprint density at radius 3 is 1.75 bits per heavy atom. The van der Waals surface area contributed by atoms with Crippen molar-refractivity contribution in [1.29, 1.82) is 0 Å². The third-order valence-electron chi connectivity index (χ3n) is 4.63. The Bertz CT molecular complexity index is 695. The van der Waals surface area contributed by atoms with Gasteiger partial charge in [0.15, 0.2) is 5.92 Å². The standard InChI is InChI=1S/C21H33NO6/c1-9-26-18(23)15(19(24)27-10-2)16(21(6,7)8)14-12(4)17(22-13(14)5)20(25)28-11-3/h15-16,22H,9-11H2,1-8H3/t16-/m1/s1. The van der Waals surface area contributed by atoms with Crippen LogP contribution in [0.3, 0.4) is 0 Å². The van der Waals surface area contributed by atoms with Gasteiger partial charge in [0.1, 0.15) is 5.69 Å². The van der Waals surface area contributed by atoms with Gasteiger partial charge in [-0.1, -0.05) is 20.8 Å². The maximum absolute atomic E-state index is 12.8. The third kappa shape index (κ3) is 5.14. The van der Waals surface area contributed by atoms with Crippen molar-refractivity contribution in [3.8, 4) is 0 Å². The highest BCUT2D eigenvalue weighted by Gasteiger charge is 2.46. The number of H-pyrrole nitrogens is 1. The van der Waals surface area contributed by atoms with E-state index in [0.29, 0.717) is 17.0 Å². The summed E-state index contributed by atoms with van der Waals surface area (Å²) in [4.78, 5) is 40.9. The minimum absolute atomic E-state index is 0.158. The molecule has 0 unspecified atom stereocenters. The van der Waals surface area contributed by atoms with E-state index in [1.54, 1.807) is 27.7 Å². The molecular weight excluding hydrogens is 362 g/mol. The SMILES string of the molecule is CCOC(=O)c1[nH]c(C)c([C@H](C(C(=O)OCC)C(=O)OCC)C(C)(C)C)c1C. The normalized spacial score (nSPS) is 12.6. The Kier molecular flexibility index (Phi) is 8.27. The van der Waals surface area contributed by atoms with E-state index in [4.69, 9.17) is 14.2 Å². The number of carbonyl (C=O) groups is 3. The van der Waals surface area contributed by atoms with Crippen LogP contribution in [0, 0.1) is 25.2 Å². The fourth-order valence-corrected chi connectivity index (χ4v) is 3.57. The summed E-state index contributed by atoms with van der Waals surface area (Å²) in [7, 11) is 0. The van der Waals surface area contributed by atoms with Gasteiger partial charge in [-0.3, -0.25) is 9.59 Å². The topological polar surface area (TPSA) is 94.7 Å². The van der Waals surface area contributed by atoms with Crippen molar-refractivity contribution < 1.29 is 28.6 Å². The van der Waals surface area contributed by atoms with Gasteiger partial charge in [-0.2, -0.15) is 0 Å². The number of aryl methyl sites for hydroxylation is 1. The van der Waals surface area contributed by atoms with Crippen LogP contribution < -0.4 is 0 Å². The van der Waals surface area contributed by atoms with Crippen LogP contribution in [-0.4, -0.2) is 42.7 Å². The average molecular weight is 395 g/mol. The summed E-state index contributed by atoms with van der Waals surface area (Å²) in [5, 5.41) is 0. The van der Waals surface area contributed by atoms with Crippen LogP contribution in [0.15, 0.2) is 0 Å². The van der Waals surface area contributed by atoms with Gasteiger partial charge in [-0.15, -0.1) is 0 Å². The predicted molar refractivity (Wildman–Crippen MR) is 105 cm³/mol. The van der Waals surface area contributed by atoms with Crippen LogP contribution >= 0.6 is 0 Å². The Morgan fingerprint density at radius 2 is 1.36 bits per heavy atom. The molecule has 7 nitrogen and oxygen atoms in total. The summed E-state index contributed by atoms with van der Waals surface area (Å²) in [5.41, 5.74) is 1.94. The van der Waals surface area contributed by atoms with Gasteiger partial charge in [0.2, 0.25) is 0 Å². The first-order chi connectivity index (χ1) is 13.0. The zero-order chi connectivity index (χ0) is 21.6. The molecule has 28 heavy (non-hydrogen) atoms. The second-order valence-corrected chi connectivity index (χ2v) is 7.71. The molecule has 0 aromatic carbocycles. The maximum atomic E-state index is 12.8. The molecule has 7 heteroatoms. The highest BCUT2D eigenvalue weighted by molar-refractivity contribution is 5.97. The molecule has 1 atom stereocenters. The van der Waals surface area contributed by atoms with E-state index < -0.39 is 35.2 Å². The number of esters is 3. The molecule has 158 valence electrons. The molecule has 0 bridgehead atoms. The van der Waals surface area contributed by atoms with Crippen molar-refractivity contribution in [3.05, 3.63) is 22.5 Å². The summed E-state index contributed by atoms with van der Waals surface area (Å²) in [6.45, 7) is 15.1. The van der Waals surface area contributed by atoms with Gasteiger partial charge < -0.3 is 19.2 Å². The average Bonchev–Trinajstić information content (AvgIpc) is 2.86. The van der Waals surface area contributed by atoms with E-state index in [1.807, 2.05) is 27.7 Å². The number of rotatable bonds is 8. The molecule has 1 rings (SSSR count).